The van der Waals surface area contributed by atoms with Gasteiger partial charge in [0.1, 0.15) is 11.5 Å². The molecule has 0 atom stereocenters. The summed E-state index contributed by atoms with van der Waals surface area (Å²) >= 11 is 1.60. The van der Waals surface area contributed by atoms with Gasteiger partial charge in [-0.2, -0.15) is 0 Å². The first-order valence-corrected chi connectivity index (χ1v) is 6.83. The zero-order chi connectivity index (χ0) is 13.0. The highest BCUT2D eigenvalue weighted by Crippen LogP contribution is 2.21. The van der Waals surface area contributed by atoms with Crippen molar-refractivity contribution in [1.82, 2.24) is 15.3 Å². The number of hydrogen-bond acceptors (Lipinski definition) is 5. The van der Waals surface area contributed by atoms with Crippen molar-refractivity contribution in [2.24, 2.45) is 0 Å². The summed E-state index contributed by atoms with van der Waals surface area (Å²) in [6.45, 7) is 4.72. The topological polar surface area (TPSA) is 51.0 Å². The molecule has 2 rings (SSSR count). The number of nitrogens with one attached hydrogen (secondary N) is 1. The highest BCUT2D eigenvalue weighted by Gasteiger charge is 2.05. The second-order valence-electron chi connectivity index (χ2n) is 4.12. The van der Waals surface area contributed by atoms with Crippen LogP contribution in [0.4, 0.5) is 0 Å². The van der Waals surface area contributed by atoms with Gasteiger partial charge in [-0.1, -0.05) is 11.8 Å². The summed E-state index contributed by atoms with van der Waals surface area (Å²) < 4.78 is 5.67. The third-order valence-electron chi connectivity index (χ3n) is 2.37. The SMILES string of the molecule is CNCc1ccc(CSc2nc(C)cc(C)n2)o1. The first kappa shape index (κ1) is 13.1. The number of thioether (sulfide) groups is 1. The number of nitrogens with zero attached hydrogens (tertiary/aromatic N) is 2. The average Bonchev–Trinajstić information content (AvgIpc) is 2.74. The monoisotopic (exact) mass is 263 g/mol. The largest absolute Gasteiger partial charge is 0.464 e. The lowest BCUT2D eigenvalue weighted by molar-refractivity contribution is 0.468. The van der Waals surface area contributed by atoms with Crippen molar-refractivity contribution in [1.29, 1.82) is 0 Å². The van der Waals surface area contributed by atoms with E-state index < -0.39 is 0 Å². The molecule has 0 bridgehead atoms. The van der Waals surface area contributed by atoms with Crippen LogP contribution in [0.1, 0.15) is 22.9 Å². The molecule has 0 unspecified atom stereocenters. The molecule has 0 saturated carbocycles. The van der Waals surface area contributed by atoms with E-state index in [1.807, 2.05) is 39.1 Å². The maximum Gasteiger partial charge on any atom is 0.188 e. The molecule has 0 aliphatic heterocycles. The molecular weight excluding hydrogens is 246 g/mol. The van der Waals surface area contributed by atoms with Gasteiger partial charge in [0, 0.05) is 11.4 Å². The van der Waals surface area contributed by atoms with Crippen LogP contribution in [0.25, 0.3) is 0 Å². The normalized spacial score (nSPS) is 10.8. The first-order chi connectivity index (χ1) is 8.67. The lowest BCUT2D eigenvalue weighted by Gasteiger charge is -2.01. The summed E-state index contributed by atoms with van der Waals surface area (Å²) in [6, 6.07) is 5.97. The van der Waals surface area contributed by atoms with Gasteiger partial charge in [0.25, 0.3) is 0 Å². The second kappa shape index (κ2) is 6.02. The quantitative estimate of drug-likeness (QED) is 0.664. The molecular formula is C13H17N3OS. The Bertz CT molecular complexity index is 504. The minimum absolute atomic E-state index is 0.755. The van der Waals surface area contributed by atoms with Gasteiger partial charge >= 0.3 is 0 Å². The zero-order valence-corrected chi connectivity index (χ0v) is 11.7. The number of rotatable bonds is 5. The van der Waals surface area contributed by atoms with Crippen LogP contribution in [-0.4, -0.2) is 17.0 Å². The predicted molar refractivity (Wildman–Crippen MR) is 72.5 cm³/mol. The summed E-state index contributed by atoms with van der Waals surface area (Å²) in [4.78, 5) is 8.78. The molecule has 2 aromatic rings. The fraction of sp³-hybridized carbons (Fsp3) is 0.385. The molecule has 2 aromatic heterocycles. The van der Waals surface area contributed by atoms with Gasteiger partial charge < -0.3 is 9.73 Å². The fourth-order valence-electron chi connectivity index (χ4n) is 1.66. The Morgan fingerprint density at radius 1 is 1.17 bits per heavy atom. The standard InChI is InChI=1S/C13H17N3OS/c1-9-6-10(2)16-13(15-9)18-8-12-5-4-11(17-12)7-14-3/h4-6,14H,7-8H2,1-3H3. The second-order valence-corrected chi connectivity index (χ2v) is 5.06. The van der Waals surface area contributed by atoms with Crippen LogP contribution in [0.5, 0.6) is 0 Å². The molecule has 0 aromatic carbocycles. The molecule has 0 spiro atoms. The molecule has 4 nitrogen and oxygen atoms in total. The summed E-state index contributed by atoms with van der Waals surface area (Å²) in [5.74, 6) is 2.66. The van der Waals surface area contributed by atoms with Crippen LogP contribution in [-0.2, 0) is 12.3 Å². The number of hydrogen-bond donors (Lipinski definition) is 1. The van der Waals surface area contributed by atoms with Crippen molar-refractivity contribution in [3.8, 4) is 0 Å². The molecule has 96 valence electrons. The van der Waals surface area contributed by atoms with Crippen molar-refractivity contribution in [2.45, 2.75) is 31.3 Å². The van der Waals surface area contributed by atoms with E-state index in [1.165, 1.54) is 0 Å². The van der Waals surface area contributed by atoms with E-state index in [2.05, 4.69) is 15.3 Å². The molecule has 0 saturated heterocycles. The van der Waals surface area contributed by atoms with E-state index in [4.69, 9.17) is 4.42 Å². The maximum atomic E-state index is 5.67. The molecule has 18 heavy (non-hydrogen) atoms. The van der Waals surface area contributed by atoms with Crippen LogP contribution >= 0.6 is 11.8 Å². The van der Waals surface area contributed by atoms with Gasteiger partial charge in [0.05, 0.1) is 12.3 Å². The molecule has 0 aliphatic carbocycles. The van der Waals surface area contributed by atoms with Crippen LogP contribution < -0.4 is 5.32 Å². The lowest BCUT2D eigenvalue weighted by atomic mass is 10.4. The lowest BCUT2D eigenvalue weighted by Crippen LogP contribution is -2.03. The number of aryl methyl sites for hydroxylation is 2. The summed E-state index contributed by atoms with van der Waals surface area (Å²) in [7, 11) is 1.90. The van der Waals surface area contributed by atoms with Gasteiger partial charge in [0.2, 0.25) is 0 Å². The van der Waals surface area contributed by atoms with E-state index in [-0.39, 0.29) is 0 Å². The van der Waals surface area contributed by atoms with E-state index in [0.717, 1.165) is 40.4 Å². The van der Waals surface area contributed by atoms with E-state index in [1.54, 1.807) is 11.8 Å². The zero-order valence-electron chi connectivity index (χ0n) is 10.9. The number of aromatic nitrogens is 2. The van der Waals surface area contributed by atoms with Gasteiger partial charge in [0.15, 0.2) is 5.16 Å². The molecule has 2 heterocycles. The predicted octanol–water partition coefficient (Wildman–Crippen LogP) is 2.70. The Morgan fingerprint density at radius 2 is 1.83 bits per heavy atom. The Morgan fingerprint density at radius 3 is 2.50 bits per heavy atom. The van der Waals surface area contributed by atoms with Crippen molar-refractivity contribution in [3.63, 3.8) is 0 Å². The first-order valence-electron chi connectivity index (χ1n) is 5.84. The van der Waals surface area contributed by atoms with Gasteiger partial charge in [-0.3, -0.25) is 0 Å². The van der Waals surface area contributed by atoms with Gasteiger partial charge in [-0.25, -0.2) is 9.97 Å². The average molecular weight is 263 g/mol. The van der Waals surface area contributed by atoms with E-state index >= 15 is 0 Å². The van der Waals surface area contributed by atoms with Crippen molar-refractivity contribution < 1.29 is 4.42 Å². The molecule has 0 aliphatic rings. The van der Waals surface area contributed by atoms with Crippen molar-refractivity contribution in [3.05, 3.63) is 41.1 Å². The summed E-state index contributed by atoms with van der Waals surface area (Å²) in [6.07, 6.45) is 0. The van der Waals surface area contributed by atoms with Gasteiger partial charge in [-0.15, -0.1) is 0 Å². The highest BCUT2D eigenvalue weighted by atomic mass is 32.2. The number of furan rings is 1. The molecule has 5 heteroatoms. The van der Waals surface area contributed by atoms with Crippen LogP contribution in [0, 0.1) is 13.8 Å². The minimum Gasteiger partial charge on any atom is -0.464 e. The third kappa shape index (κ3) is 3.58. The van der Waals surface area contributed by atoms with E-state index in [0.29, 0.717) is 0 Å². The molecule has 0 fully saturated rings. The summed E-state index contributed by atoms with van der Waals surface area (Å²) in [5.41, 5.74) is 2.00. The molecule has 1 N–H and O–H groups in total. The third-order valence-corrected chi connectivity index (χ3v) is 3.24. The van der Waals surface area contributed by atoms with Crippen LogP contribution in [0.3, 0.4) is 0 Å². The Kier molecular flexibility index (Phi) is 4.38. The van der Waals surface area contributed by atoms with Crippen LogP contribution in [0.15, 0.2) is 27.8 Å². The Hall–Kier alpha value is -1.33. The van der Waals surface area contributed by atoms with Crippen molar-refractivity contribution in [2.75, 3.05) is 7.05 Å². The smallest absolute Gasteiger partial charge is 0.188 e. The molecule has 0 amide bonds. The Labute approximate surface area is 111 Å². The Balaban J connectivity index is 1.97. The highest BCUT2D eigenvalue weighted by molar-refractivity contribution is 7.98. The minimum atomic E-state index is 0.755. The van der Waals surface area contributed by atoms with Crippen LogP contribution in [0.2, 0.25) is 0 Å². The summed E-state index contributed by atoms with van der Waals surface area (Å²) in [5, 5.41) is 3.87. The van der Waals surface area contributed by atoms with E-state index in [9.17, 15) is 0 Å². The van der Waals surface area contributed by atoms with Crippen molar-refractivity contribution >= 4 is 11.8 Å². The van der Waals surface area contributed by atoms with Gasteiger partial charge in [-0.05, 0) is 39.1 Å². The molecule has 0 radical (unpaired) electrons. The fourth-order valence-corrected chi connectivity index (χ4v) is 2.51. The maximum absolute atomic E-state index is 5.67.